The van der Waals surface area contributed by atoms with Gasteiger partial charge in [0.2, 0.25) is 0 Å². The van der Waals surface area contributed by atoms with E-state index in [-0.39, 0.29) is 34.8 Å². The van der Waals surface area contributed by atoms with Gasteiger partial charge in [-0.3, -0.25) is 28.2 Å². The summed E-state index contributed by atoms with van der Waals surface area (Å²) in [5.74, 6) is 0. The summed E-state index contributed by atoms with van der Waals surface area (Å²) in [7, 11) is 0. The molecule has 0 bridgehead atoms. The highest BCUT2D eigenvalue weighted by Crippen LogP contribution is 1.85. The van der Waals surface area contributed by atoms with E-state index >= 15 is 0 Å². The minimum absolute atomic E-state index is 0. The molecule has 0 aromatic rings. The lowest BCUT2D eigenvalue weighted by molar-refractivity contribution is 0.110. The second kappa shape index (κ2) is 51.5. The molecule has 2 N–H and O–H groups in total. The summed E-state index contributed by atoms with van der Waals surface area (Å²) in [6, 6.07) is 0. The number of hydrogen-bond donors (Lipinski definition) is 2. The standard InChI is InChI=1S/C3H8O2.C2H2F2.6FH/c1-3(5)2-4;1-2(3)4;;;;;;/h3-5H,2H2,1H3;1H2;6*1H. The van der Waals surface area contributed by atoms with Crippen LogP contribution in [0.15, 0.2) is 12.7 Å². The molecule has 0 aromatic heterocycles. The molecule has 1 atom stereocenters. The highest BCUT2D eigenvalue weighted by molar-refractivity contribution is 4.57. The van der Waals surface area contributed by atoms with Gasteiger partial charge in [-0.25, -0.2) is 0 Å². The van der Waals surface area contributed by atoms with Crippen LogP contribution in [-0.4, -0.2) is 22.9 Å². The van der Waals surface area contributed by atoms with Crippen molar-refractivity contribution in [2.24, 2.45) is 0 Å². The van der Waals surface area contributed by atoms with Gasteiger partial charge >= 0.3 is 0 Å². The highest BCUT2D eigenvalue weighted by atomic mass is 19.3. The summed E-state index contributed by atoms with van der Waals surface area (Å²) in [6.45, 7) is 3.61. The smallest absolute Gasteiger partial charge is 0.263 e. The maximum atomic E-state index is 10.1. The molecule has 0 amide bonds. The molecule has 0 aliphatic rings. The molecule has 0 fully saturated rings. The van der Waals surface area contributed by atoms with Crippen LogP contribution in [0.5, 0.6) is 0 Å². The van der Waals surface area contributed by atoms with Crippen LogP contribution in [0.25, 0.3) is 0 Å². The normalized spacial score (nSPS) is 6.73. The van der Waals surface area contributed by atoms with Gasteiger partial charge in [0.25, 0.3) is 6.08 Å². The molecular formula is C5H16F8O2. The minimum Gasteiger partial charge on any atom is -0.394 e. The summed E-state index contributed by atoms with van der Waals surface area (Å²) in [4.78, 5) is 0. The van der Waals surface area contributed by atoms with Crippen LogP contribution in [0.1, 0.15) is 6.92 Å². The Labute approximate surface area is 80.8 Å². The van der Waals surface area contributed by atoms with E-state index < -0.39 is 12.2 Å². The average molecular weight is 260 g/mol. The van der Waals surface area contributed by atoms with Crippen molar-refractivity contribution < 1.29 is 47.2 Å². The molecule has 0 saturated heterocycles. The van der Waals surface area contributed by atoms with Crippen molar-refractivity contribution in [3.8, 4) is 0 Å². The molecule has 15 heavy (non-hydrogen) atoms. The number of rotatable bonds is 1. The van der Waals surface area contributed by atoms with Gasteiger partial charge < -0.3 is 10.2 Å². The predicted octanol–water partition coefficient (Wildman–Crippen LogP) is 1.67. The van der Waals surface area contributed by atoms with Crippen molar-refractivity contribution >= 4 is 0 Å². The first-order valence-electron chi connectivity index (χ1n) is 2.29. The lowest BCUT2D eigenvalue weighted by Gasteiger charge is -1.90. The van der Waals surface area contributed by atoms with Gasteiger partial charge in [0.1, 0.15) is 0 Å². The zero-order valence-corrected chi connectivity index (χ0v) is 7.59. The van der Waals surface area contributed by atoms with E-state index in [1.54, 1.807) is 0 Å². The van der Waals surface area contributed by atoms with Gasteiger partial charge in [0, 0.05) is 0 Å². The molecule has 0 spiro atoms. The van der Waals surface area contributed by atoms with Gasteiger partial charge in [-0.2, -0.15) is 8.78 Å². The Morgan fingerprint density at radius 3 is 1.13 bits per heavy atom. The molecule has 10 heteroatoms. The van der Waals surface area contributed by atoms with E-state index in [1.807, 2.05) is 0 Å². The first-order chi connectivity index (χ1) is 4.00. The minimum atomic E-state index is -1.83. The summed E-state index contributed by atoms with van der Waals surface area (Å²) in [6.07, 6.45) is -2.39. The Morgan fingerprint density at radius 2 is 1.13 bits per heavy atom. The Morgan fingerprint density at radius 1 is 1.07 bits per heavy atom. The molecule has 104 valence electrons. The van der Waals surface area contributed by atoms with Crippen LogP contribution in [-0.2, 0) is 0 Å². The highest BCUT2D eigenvalue weighted by Gasteiger charge is 1.83. The van der Waals surface area contributed by atoms with E-state index in [1.165, 1.54) is 6.92 Å². The zero-order chi connectivity index (χ0) is 7.86. The van der Waals surface area contributed by atoms with E-state index in [4.69, 9.17) is 10.2 Å². The van der Waals surface area contributed by atoms with Crippen molar-refractivity contribution in [3.63, 3.8) is 0 Å². The largest absolute Gasteiger partial charge is 0.394 e. The fourth-order valence-electron chi connectivity index (χ4n) is 0. The number of hydrogen-bond acceptors (Lipinski definition) is 2. The van der Waals surface area contributed by atoms with Gasteiger partial charge in [-0.15, -0.1) is 0 Å². The van der Waals surface area contributed by atoms with E-state index in [0.717, 1.165) is 0 Å². The second-order valence-electron chi connectivity index (χ2n) is 1.37. The molecule has 2 nitrogen and oxygen atoms in total. The van der Waals surface area contributed by atoms with Crippen molar-refractivity contribution in [1.82, 2.24) is 0 Å². The number of aliphatic hydroxyl groups is 2. The van der Waals surface area contributed by atoms with Gasteiger partial charge in [-0.05, 0) is 13.5 Å². The van der Waals surface area contributed by atoms with E-state index in [2.05, 4.69) is 6.58 Å². The molecule has 0 heterocycles. The van der Waals surface area contributed by atoms with E-state index in [9.17, 15) is 8.78 Å². The third-order valence-corrected chi connectivity index (χ3v) is 0.264. The van der Waals surface area contributed by atoms with Crippen LogP contribution in [0.4, 0.5) is 37.0 Å². The maximum Gasteiger partial charge on any atom is 0.263 e. The third kappa shape index (κ3) is 1330. The number of halogens is 8. The topological polar surface area (TPSA) is 40.5 Å². The molecule has 1 unspecified atom stereocenters. The SMILES string of the molecule is C=C(F)F.CC(O)CO.F.F.F.F.F.F. The fourth-order valence-corrected chi connectivity index (χ4v) is 0. The van der Waals surface area contributed by atoms with Gasteiger partial charge in [0.05, 0.1) is 12.7 Å². The van der Waals surface area contributed by atoms with Crippen molar-refractivity contribution in [1.29, 1.82) is 0 Å². The van der Waals surface area contributed by atoms with Crippen LogP contribution in [0.2, 0.25) is 0 Å². The van der Waals surface area contributed by atoms with Gasteiger partial charge in [-0.1, -0.05) is 0 Å². The Bertz CT molecular complexity index is 77.4. The van der Waals surface area contributed by atoms with Crippen LogP contribution in [0, 0.1) is 0 Å². The van der Waals surface area contributed by atoms with Crippen LogP contribution in [0.3, 0.4) is 0 Å². The van der Waals surface area contributed by atoms with Crippen molar-refractivity contribution in [2.75, 3.05) is 6.61 Å². The molecule has 0 aliphatic heterocycles. The predicted molar refractivity (Wildman–Crippen MR) is 45.1 cm³/mol. The first kappa shape index (κ1) is 65.0. The Kier molecular flexibility index (Phi) is 223. The maximum absolute atomic E-state index is 10.1. The molecule has 0 radical (unpaired) electrons. The van der Waals surface area contributed by atoms with Crippen molar-refractivity contribution in [3.05, 3.63) is 12.7 Å². The lowest BCUT2D eigenvalue weighted by Crippen LogP contribution is -2.03. The summed E-state index contributed by atoms with van der Waals surface area (Å²) in [5.41, 5.74) is 0. The zero-order valence-electron chi connectivity index (χ0n) is 7.59. The number of aliphatic hydroxyl groups excluding tert-OH is 2. The second-order valence-corrected chi connectivity index (χ2v) is 1.37. The Hall–Kier alpha value is -0.900. The molecule has 0 saturated carbocycles. The molecule has 0 aromatic carbocycles. The lowest BCUT2D eigenvalue weighted by atomic mass is 10.5. The monoisotopic (exact) mass is 260 g/mol. The fraction of sp³-hybridized carbons (Fsp3) is 0.600. The van der Waals surface area contributed by atoms with Crippen LogP contribution >= 0.6 is 0 Å². The van der Waals surface area contributed by atoms with Crippen molar-refractivity contribution in [2.45, 2.75) is 13.0 Å². The summed E-state index contributed by atoms with van der Waals surface area (Å²) in [5, 5.41) is 16.0. The summed E-state index contributed by atoms with van der Waals surface area (Å²) >= 11 is 0. The van der Waals surface area contributed by atoms with E-state index in [0.29, 0.717) is 0 Å². The molecule has 0 rings (SSSR count). The Balaban J connectivity index is -0.00000000785. The average Bonchev–Trinajstić information content (AvgIpc) is 1.65. The van der Waals surface area contributed by atoms with Crippen LogP contribution < -0.4 is 0 Å². The summed E-state index contributed by atoms with van der Waals surface area (Å²) < 4.78 is 20.3. The molecule has 0 aliphatic carbocycles. The third-order valence-electron chi connectivity index (χ3n) is 0.264. The van der Waals surface area contributed by atoms with Gasteiger partial charge in [0.15, 0.2) is 0 Å². The molecular weight excluding hydrogens is 244 g/mol. The quantitative estimate of drug-likeness (QED) is 0.704. The first-order valence-corrected chi connectivity index (χ1v) is 2.29.